The lowest BCUT2D eigenvalue weighted by molar-refractivity contribution is -0.0226. The van der Waals surface area contributed by atoms with E-state index in [4.69, 9.17) is 20.0 Å². The van der Waals surface area contributed by atoms with Crippen LogP contribution >= 0.6 is 0 Å². The van der Waals surface area contributed by atoms with Gasteiger partial charge in [0.1, 0.15) is 29.9 Å². The molecule has 20 heavy (non-hydrogen) atoms. The quantitative estimate of drug-likeness (QED) is 0.434. The molecule has 3 heterocycles. The van der Waals surface area contributed by atoms with E-state index in [1.54, 1.807) is 0 Å². The smallest absolute Gasteiger partial charge is 0.295 e. The molecule has 108 valence electrons. The molecule has 0 aliphatic carbocycles. The van der Waals surface area contributed by atoms with Gasteiger partial charge in [0.05, 0.1) is 12.9 Å². The number of H-pyrrole nitrogens is 1. The highest BCUT2D eigenvalue weighted by Gasteiger charge is 2.44. The molecule has 2 aromatic rings. The standard InChI is InChI=1S/C11H13N3O6/c12-11-13-5-3(2-19-9(5)10(18)14-11)8-7(17)6(16)4(1-15)20-8/h2,4,6-8,15-17H,1H2,(H3,12,13,14,18)/t4-,6-,7+,8+/m1/s1. The molecule has 2 aromatic heterocycles. The molecule has 4 atom stereocenters. The first-order valence-corrected chi connectivity index (χ1v) is 5.92. The summed E-state index contributed by atoms with van der Waals surface area (Å²) in [6.45, 7) is -0.444. The van der Waals surface area contributed by atoms with E-state index < -0.39 is 36.6 Å². The minimum absolute atomic E-state index is 0.0491. The van der Waals surface area contributed by atoms with Gasteiger partial charge in [-0.05, 0) is 0 Å². The number of nitrogens with two attached hydrogens (primary N) is 1. The minimum atomic E-state index is -1.27. The molecule has 0 unspecified atom stereocenters. The van der Waals surface area contributed by atoms with Gasteiger partial charge in [-0.15, -0.1) is 0 Å². The second-order valence-corrected chi connectivity index (χ2v) is 4.58. The molecule has 1 fully saturated rings. The van der Waals surface area contributed by atoms with Crippen LogP contribution in [0.2, 0.25) is 0 Å². The van der Waals surface area contributed by atoms with Crippen LogP contribution in [-0.2, 0) is 4.74 Å². The van der Waals surface area contributed by atoms with E-state index in [2.05, 4.69) is 9.97 Å². The highest BCUT2D eigenvalue weighted by Crippen LogP contribution is 2.36. The normalized spacial score (nSPS) is 30.1. The predicted molar refractivity (Wildman–Crippen MR) is 65.8 cm³/mol. The van der Waals surface area contributed by atoms with E-state index >= 15 is 0 Å². The van der Waals surface area contributed by atoms with Gasteiger partial charge in [-0.1, -0.05) is 0 Å². The molecule has 0 amide bonds. The van der Waals surface area contributed by atoms with Crippen molar-refractivity contribution in [3.8, 4) is 0 Å². The van der Waals surface area contributed by atoms with E-state index in [1.807, 2.05) is 0 Å². The Bertz CT molecular complexity index is 695. The second kappa shape index (κ2) is 4.56. The highest BCUT2D eigenvalue weighted by molar-refractivity contribution is 5.77. The van der Waals surface area contributed by atoms with E-state index in [1.165, 1.54) is 6.26 Å². The van der Waals surface area contributed by atoms with Crippen LogP contribution in [0.5, 0.6) is 0 Å². The summed E-state index contributed by atoms with van der Waals surface area (Å²) >= 11 is 0. The van der Waals surface area contributed by atoms with Crippen molar-refractivity contribution in [3.05, 3.63) is 22.2 Å². The number of aromatic nitrogens is 2. The van der Waals surface area contributed by atoms with Crippen LogP contribution in [-0.4, -0.2) is 50.2 Å². The summed E-state index contributed by atoms with van der Waals surface area (Å²) < 4.78 is 10.5. The fourth-order valence-corrected chi connectivity index (χ4v) is 2.32. The maximum atomic E-state index is 11.6. The number of hydrogen-bond donors (Lipinski definition) is 5. The Kier molecular flexibility index (Phi) is 2.98. The zero-order valence-corrected chi connectivity index (χ0v) is 10.2. The Morgan fingerprint density at radius 2 is 2.15 bits per heavy atom. The first-order chi connectivity index (χ1) is 9.52. The zero-order valence-electron chi connectivity index (χ0n) is 10.2. The average Bonchev–Trinajstić information content (AvgIpc) is 2.93. The number of nitrogens with one attached hydrogen (secondary N) is 1. The van der Waals surface area contributed by atoms with Gasteiger partial charge in [0.15, 0.2) is 0 Å². The van der Waals surface area contributed by atoms with Crippen LogP contribution in [0.3, 0.4) is 0 Å². The minimum Gasteiger partial charge on any atom is -0.456 e. The predicted octanol–water partition coefficient (Wildman–Crippen LogP) is -1.75. The SMILES string of the molecule is Nc1nc2c([C@@H]3O[C@H](CO)[C@@H](O)[C@@H]3O)coc2c(=O)[nH]1. The largest absolute Gasteiger partial charge is 0.456 e. The number of rotatable bonds is 2. The molecule has 0 saturated carbocycles. The third kappa shape index (κ3) is 1.79. The number of anilines is 1. The average molecular weight is 283 g/mol. The molecule has 1 aliphatic heterocycles. The van der Waals surface area contributed by atoms with E-state index in [0.717, 1.165) is 0 Å². The van der Waals surface area contributed by atoms with Crippen molar-refractivity contribution in [1.82, 2.24) is 9.97 Å². The fourth-order valence-electron chi connectivity index (χ4n) is 2.32. The Balaban J connectivity index is 2.09. The van der Waals surface area contributed by atoms with Gasteiger partial charge in [0.2, 0.25) is 11.5 Å². The van der Waals surface area contributed by atoms with Gasteiger partial charge in [0.25, 0.3) is 5.56 Å². The zero-order chi connectivity index (χ0) is 14.4. The maximum Gasteiger partial charge on any atom is 0.295 e. The van der Waals surface area contributed by atoms with Gasteiger partial charge in [-0.3, -0.25) is 9.78 Å². The van der Waals surface area contributed by atoms with Crippen molar-refractivity contribution >= 4 is 17.0 Å². The molecule has 1 saturated heterocycles. The molecule has 1 aliphatic rings. The third-order valence-electron chi connectivity index (χ3n) is 3.32. The van der Waals surface area contributed by atoms with Crippen molar-refractivity contribution < 1.29 is 24.5 Å². The lowest BCUT2D eigenvalue weighted by atomic mass is 10.0. The van der Waals surface area contributed by atoms with E-state index in [-0.39, 0.29) is 17.0 Å². The van der Waals surface area contributed by atoms with Gasteiger partial charge >= 0.3 is 0 Å². The molecule has 0 spiro atoms. The first-order valence-electron chi connectivity index (χ1n) is 5.92. The maximum absolute atomic E-state index is 11.6. The van der Waals surface area contributed by atoms with Crippen molar-refractivity contribution in [2.75, 3.05) is 12.3 Å². The van der Waals surface area contributed by atoms with Crippen molar-refractivity contribution in [3.63, 3.8) is 0 Å². The monoisotopic (exact) mass is 283 g/mol. The molecule has 9 nitrogen and oxygen atoms in total. The van der Waals surface area contributed by atoms with Gasteiger partial charge in [0, 0.05) is 5.56 Å². The molecule has 6 N–H and O–H groups in total. The van der Waals surface area contributed by atoms with Gasteiger partial charge in [-0.2, -0.15) is 0 Å². The summed E-state index contributed by atoms with van der Waals surface area (Å²) in [5.74, 6) is -0.100. The third-order valence-corrected chi connectivity index (χ3v) is 3.32. The second-order valence-electron chi connectivity index (χ2n) is 4.58. The van der Waals surface area contributed by atoms with Gasteiger partial charge in [-0.25, -0.2) is 4.98 Å². The number of nitrogen functional groups attached to an aromatic ring is 1. The summed E-state index contributed by atoms with van der Waals surface area (Å²) in [6, 6.07) is 0. The topological polar surface area (TPSA) is 155 Å². The fraction of sp³-hybridized carbons (Fsp3) is 0.455. The highest BCUT2D eigenvalue weighted by atomic mass is 16.6. The van der Waals surface area contributed by atoms with Crippen LogP contribution in [0.15, 0.2) is 15.5 Å². The Morgan fingerprint density at radius 1 is 1.40 bits per heavy atom. The van der Waals surface area contributed by atoms with Crippen molar-refractivity contribution in [2.45, 2.75) is 24.4 Å². The number of nitrogens with zero attached hydrogens (tertiary/aromatic N) is 1. The lowest BCUT2D eigenvalue weighted by Crippen LogP contribution is -2.32. The number of furan rings is 1. The Labute approximate surface area is 111 Å². The molecule has 3 rings (SSSR count). The van der Waals surface area contributed by atoms with Crippen LogP contribution in [0.4, 0.5) is 5.95 Å². The number of aromatic amines is 1. The number of aliphatic hydroxyl groups excluding tert-OH is 3. The molecule has 9 heteroatoms. The number of ether oxygens (including phenoxy) is 1. The Morgan fingerprint density at radius 3 is 2.80 bits per heavy atom. The molecular weight excluding hydrogens is 270 g/mol. The molecule has 0 radical (unpaired) electrons. The Hall–Kier alpha value is -1.94. The van der Waals surface area contributed by atoms with Crippen LogP contribution in [0.1, 0.15) is 11.7 Å². The van der Waals surface area contributed by atoms with Gasteiger partial charge < -0.3 is 30.2 Å². The molecular formula is C11H13N3O6. The molecule has 0 aromatic carbocycles. The van der Waals surface area contributed by atoms with Crippen LogP contribution < -0.4 is 11.3 Å². The van der Waals surface area contributed by atoms with Crippen LogP contribution in [0.25, 0.3) is 11.1 Å². The van der Waals surface area contributed by atoms with E-state index in [0.29, 0.717) is 5.56 Å². The lowest BCUT2D eigenvalue weighted by Gasteiger charge is -2.12. The number of hydrogen-bond acceptors (Lipinski definition) is 8. The number of aliphatic hydroxyl groups is 3. The van der Waals surface area contributed by atoms with Crippen LogP contribution in [0, 0.1) is 0 Å². The van der Waals surface area contributed by atoms with Crippen molar-refractivity contribution in [1.29, 1.82) is 0 Å². The summed E-state index contributed by atoms with van der Waals surface area (Å²) in [5.41, 5.74) is 5.31. The number of fused-ring (bicyclic) bond motifs is 1. The summed E-state index contributed by atoms with van der Waals surface area (Å²) in [4.78, 5) is 17.9. The first kappa shape index (κ1) is 13.1. The summed E-state index contributed by atoms with van der Waals surface area (Å²) in [7, 11) is 0. The summed E-state index contributed by atoms with van der Waals surface area (Å²) in [5, 5.41) is 28.7. The molecule has 0 bridgehead atoms. The summed E-state index contributed by atoms with van der Waals surface area (Å²) in [6.07, 6.45) is -3.17. The van der Waals surface area contributed by atoms with E-state index in [9.17, 15) is 15.0 Å². The van der Waals surface area contributed by atoms with Crippen molar-refractivity contribution in [2.24, 2.45) is 0 Å².